The Morgan fingerprint density at radius 2 is 1.74 bits per heavy atom. The summed E-state index contributed by atoms with van der Waals surface area (Å²) in [5.41, 5.74) is -0.0403. The van der Waals surface area contributed by atoms with E-state index in [-0.39, 0.29) is 34.2 Å². The molecule has 0 atom stereocenters. The summed E-state index contributed by atoms with van der Waals surface area (Å²) >= 11 is 6.08. The molecule has 2 aromatic heterocycles. The molecule has 8 nitrogen and oxygen atoms in total. The van der Waals surface area contributed by atoms with Crippen molar-refractivity contribution in [3.63, 3.8) is 0 Å². The number of nitrogens with one attached hydrogen (secondary N) is 3. The molecule has 0 aliphatic rings. The number of rotatable bonds is 4. The fourth-order valence-electron chi connectivity index (χ4n) is 3.24. The van der Waals surface area contributed by atoms with Gasteiger partial charge >= 0.3 is 5.97 Å². The Bertz CT molecular complexity index is 1470. The highest BCUT2D eigenvalue weighted by molar-refractivity contribution is 6.35. The summed E-state index contributed by atoms with van der Waals surface area (Å²) in [6.07, 6.45) is 2.58. The van der Waals surface area contributed by atoms with E-state index >= 15 is 0 Å². The van der Waals surface area contributed by atoms with Crippen molar-refractivity contribution >= 4 is 51.0 Å². The lowest BCUT2D eigenvalue weighted by Gasteiger charge is -2.08. The van der Waals surface area contributed by atoms with E-state index in [0.29, 0.717) is 16.1 Å². The maximum Gasteiger partial charge on any atom is 0.343 e. The monoisotopic (exact) mass is 437 g/mol. The van der Waals surface area contributed by atoms with Crippen LogP contribution in [-0.2, 0) is 4.74 Å². The third-order valence-corrected chi connectivity index (χ3v) is 5.06. The summed E-state index contributed by atoms with van der Waals surface area (Å²) < 4.78 is 4.89. The third kappa shape index (κ3) is 3.69. The van der Waals surface area contributed by atoms with Crippen molar-refractivity contribution in [2.45, 2.75) is 6.92 Å². The van der Waals surface area contributed by atoms with Crippen LogP contribution in [0.25, 0.3) is 21.8 Å². The topological polar surface area (TPSA) is 121 Å². The van der Waals surface area contributed by atoms with Crippen molar-refractivity contribution in [3.05, 3.63) is 85.4 Å². The molecule has 0 aliphatic heterocycles. The van der Waals surface area contributed by atoms with E-state index < -0.39 is 22.7 Å². The molecule has 0 aliphatic carbocycles. The number of hydrogen-bond acceptors (Lipinski definition) is 5. The lowest BCUT2D eigenvalue weighted by atomic mass is 10.1. The van der Waals surface area contributed by atoms with Crippen LogP contribution < -0.4 is 16.2 Å². The van der Waals surface area contributed by atoms with Crippen LogP contribution in [0.2, 0.25) is 5.02 Å². The van der Waals surface area contributed by atoms with Gasteiger partial charge in [0.05, 0.1) is 17.1 Å². The molecule has 1 amide bonds. The lowest BCUT2D eigenvalue weighted by Crippen LogP contribution is -2.22. The standard InChI is InChI=1S/C22H16ClN3O5/c1-2-31-22(30)15-10-24-17-7-6-11(8-13(17)20(15)28)26-21(29)14-9-25-18-12(19(14)27)4-3-5-16(18)23/h3-10H,2H2,1H3,(H,24,28)(H,25,27)(H,26,29). The van der Waals surface area contributed by atoms with E-state index in [1.165, 1.54) is 18.5 Å². The van der Waals surface area contributed by atoms with Crippen LogP contribution in [0.5, 0.6) is 0 Å². The fourth-order valence-corrected chi connectivity index (χ4v) is 3.47. The molecule has 2 heterocycles. The van der Waals surface area contributed by atoms with E-state index in [9.17, 15) is 19.2 Å². The van der Waals surface area contributed by atoms with Crippen molar-refractivity contribution in [2.24, 2.45) is 0 Å². The predicted octanol–water partition coefficient (Wildman–Crippen LogP) is 3.45. The Hall–Kier alpha value is -3.91. The number of halogens is 1. The normalized spacial score (nSPS) is 10.9. The number of pyridine rings is 2. The Labute approximate surface area is 179 Å². The van der Waals surface area contributed by atoms with Crippen molar-refractivity contribution in [3.8, 4) is 0 Å². The number of anilines is 1. The first-order chi connectivity index (χ1) is 14.9. The molecule has 2 aromatic carbocycles. The van der Waals surface area contributed by atoms with Gasteiger partial charge in [-0.05, 0) is 37.3 Å². The molecule has 9 heteroatoms. The molecule has 0 radical (unpaired) electrons. The molecule has 3 N–H and O–H groups in total. The number of hydrogen-bond donors (Lipinski definition) is 3. The molecular weight excluding hydrogens is 422 g/mol. The highest BCUT2D eigenvalue weighted by atomic mass is 35.5. The summed E-state index contributed by atoms with van der Waals surface area (Å²) in [6.45, 7) is 1.78. The highest BCUT2D eigenvalue weighted by Gasteiger charge is 2.17. The van der Waals surface area contributed by atoms with Gasteiger partial charge in [-0.15, -0.1) is 0 Å². The van der Waals surface area contributed by atoms with Crippen molar-refractivity contribution in [1.29, 1.82) is 0 Å². The number of aromatic amines is 2. The second-order valence-corrected chi connectivity index (χ2v) is 7.07. The smallest absolute Gasteiger partial charge is 0.343 e. The number of amides is 1. The number of esters is 1. The highest BCUT2D eigenvalue weighted by Crippen LogP contribution is 2.20. The molecule has 31 heavy (non-hydrogen) atoms. The van der Waals surface area contributed by atoms with Gasteiger partial charge in [-0.3, -0.25) is 14.4 Å². The largest absolute Gasteiger partial charge is 0.462 e. The SMILES string of the molecule is CCOC(=O)c1c[nH]c2ccc(NC(=O)c3c[nH]c4c(Cl)cccc4c3=O)cc2c1=O. The minimum absolute atomic E-state index is 0.107. The predicted molar refractivity (Wildman–Crippen MR) is 118 cm³/mol. The van der Waals surface area contributed by atoms with Crippen LogP contribution in [0.3, 0.4) is 0 Å². The molecule has 0 bridgehead atoms. The number of fused-ring (bicyclic) bond motifs is 2. The van der Waals surface area contributed by atoms with Crippen molar-refractivity contribution in [2.75, 3.05) is 11.9 Å². The Balaban J connectivity index is 1.71. The lowest BCUT2D eigenvalue weighted by molar-refractivity contribution is 0.0524. The Morgan fingerprint density at radius 3 is 2.52 bits per heavy atom. The molecule has 4 aromatic rings. The molecule has 0 unspecified atom stereocenters. The quantitative estimate of drug-likeness (QED) is 0.422. The molecule has 0 fully saturated rings. The van der Waals surface area contributed by atoms with Crippen LogP contribution in [0.1, 0.15) is 27.6 Å². The van der Waals surface area contributed by atoms with Crippen LogP contribution in [0, 0.1) is 0 Å². The zero-order chi connectivity index (χ0) is 22.1. The molecule has 0 saturated heterocycles. The molecule has 0 saturated carbocycles. The van der Waals surface area contributed by atoms with Crippen LogP contribution in [-0.4, -0.2) is 28.5 Å². The van der Waals surface area contributed by atoms with Gasteiger partial charge in [0.15, 0.2) is 0 Å². The van der Waals surface area contributed by atoms with Gasteiger partial charge in [0, 0.05) is 34.4 Å². The van der Waals surface area contributed by atoms with Crippen molar-refractivity contribution < 1.29 is 14.3 Å². The average molecular weight is 438 g/mol. The maximum absolute atomic E-state index is 12.7. The Morgan fingerprint density at radius 1 is 1.00 bits per heavy atom. The fraction of sp³-hybridized carbons (Fsp3) is 0.0909. The van der Waals surface area contributed by atoms with Crippen LogP contribution >= 0.6 is 11.6 Å². The van der Waals surface area contributed by atoms with E-state index in [1.807, 2.05) is 0 Å². The number of ether oxygens (including phenoxy) is 1. The average Bonchev–Trinajstić information content (AvgIpc) is 2.75. The molecular formula is C22H16ClN3O5. The number of carbonyl (C=O) groups is 2. The summed E-state index contributed by atoms with van der Waals surface area (Å²) in [5.74, 6) is -1.39. The number of aromatic nitrogens is 2. The second-order valence-electron chi connectivity index (χ2n) is 6.66. The first-order valence-electron chi connectivity index (χ1n) is 9.34. The van der Waals surface area contributed by atoms with Crippen LogP contribution in [0.15, 0.2) is 58.4 Å². The minimum Gasteiger partial charge on any atom is -0.462 e. The molecule has 4 rings (SSSR count). The second kappa shape index (κ2) is 8.08. The summed E-state index contributed by atoms with van der Waals surface area (Å²) in [7, 11) is 0. The third-order valence-electron chi connectivity index (χ3n) is 4.74. The number of H-pyrrole nitrogens is 2. The number of para-hydroxylation sites is 1. The van der Waals surface area contributed by atoms with Crippen molar-refractivity contribution in [1.82, 2.24) is 9.97 Å². The summed E-state index contributed by atoms with van der Waals surface area (Å²) in [6, 6.07) is 9.43. The van der Waals surface area contributed by atoms with Gasteiger partial charge in [-0.25, -0.2) is 4.79 Å². The Kier molecular flexibility index (Phi) is 5.31. The molecule has 0 spiro atoms. The first-order valence-corrected chi connectivity index (χ1v) is 9.72. The van der Waals surface area contributed by atoms with Gasteiger partial charge < -0.3 is 20.0 Å². The first kappa shape index (κ1) is 20.4. The zero-order valence-corrected chi connectivity index (χ0v) is 17.0. The summed E-state index contributed by atoms with van der Waals surface area (Å²) in [5, 5.41) is 3.46. The van der Waals surface area contributed by atoms with Gasteiger partial charge in [0.2, 0.25) is 10.9 Å². The summed E-state index contributed by atoms with van der Waals surface area (Å²) in [4.78, 5) is 55.8. The minimum atomic E-state index is -0.735. The number of benzene rings is 2. The van der Waals surface area contributed by atoms with E-state index in [1.54, 1.807) is 37.3 Å². The van der Waals surface area contributed by atoms with E-state index in [4.69, 9.17) is 16.3 Å². The van der Waals surface area contributed by atoms with Gasteiger partial charge in [-0.1, -0.05) is 17.7 Å². The number of carbonyl (C=O) groups excluding carboxylic acids is 2. The van der Waals surface area contributed by atoms with Gasteiger partial charge in [0.25, 0.3) is 5.91 Å². The van der Waals surface area contributed by atoms with Crippen LogP contribution in [0.4, 0.5) is 5.69 Å². The molecule has 156 valence electrons. The van der Waals surface area contributed by atoms with E-state index in [0.717, 1.165) is 0 Å². The van der Waals surface area contributed by atoms with Gasteiger partial charge in [0.1, 0.15) is 11.1 Å². The zero-order valence-electron chi connectivity index (χ0n) is 16.2. The maximum atomic E-state index is 12.7. The van der Waals surface area contributed by atoms with E-state index in [2.05, 4.69) is 15.3 Å². The van der Waals surface area contributed by atoms with Gasteiger partial charge in [-0.2, -0.15) is 0 Å².